The minimum absolute atomic E-state index is 0.474. The number of hydrogen-bond donors (Lipinski definition) is 0. The monoisotopic (exact) mass is 229 g/mol. The lowest BCUT2D eigenvalue weighted by atomic mass is 10.4. The molecule has 1 aromatic rings. The van der Waals surface area contributed by atoms with Crippen LogP contribution in [0.15, 0.2) is 18.3 Å². The summed E-state index contributed by atoms with van der Waals surface area (Å²) in [6.07, 6.45) is 3.86. The molecule has 0 aliphatic rings. The first kappa shape index (κ1) is 12.3. The highest BCUT2D eigenvalue weighted by Crippen LogP contribution is 2.11. The van der Waals surface area contributed by atoms with Crippen LogP contribution in [0.1, 0.15) is 19.8 Å². The van der Waals surface area contributed by atoms with Gasteiger partial charge in [-0.2, -0.15) is 0 Å². The number of rotatable bonds is 7. The summed E-state index contributed by atoms with van der Waals surface area (Å²) in [6, 6.07) is 3.50. The van der Waals surface area contributed by atoms with E-state index in [9.17, 15) is 0 Å². The molecule has 84 valence electrons. The van der Waals surface area contributed by atoms with Crippen molar-refractivity contribution < 1.29 is 9.47 Å². The average molecular weight is 230 g/mol. The van der Waals surface area contributed by atoms with Gasteiger partial charge in [-0.25, -0.2) is 4.98 Å². The summed E-state index contributed by atoms with van der Waals surface area (Å²) in [5.74, 6) is 0.721. The van der Waals surface area contributed by atoms with Gasteiger partial charge in [-0.1, -0.05) is 24.9 Å². The van der Waals surface area contributed by atoms with Gasteiger partial charge in [-0.05, 0) is 18.6 Å². The van der Waals surface area contributed by atoms with Crippen molar-refractivity contribution in [1.29, 1.82) is 0 Å². The molecule has 0 aromatic carbocycles. The molecule has 0 amide bonds. The Kier molecular flexibility index (Phi) is 6.12. The SMILES string of the molecule is CCCCOCCOc1ccc(Cl)nc1. The third-order valence-corrected chi connectivity index (χ3v) is 2.06. The van der Waals surface area contributed by atoms with E-state index in [-0.39, 0.29) is 0 Å². The molecule has 0 saturated heterocycles. The van der Waals surface area contributed by atoms with Crippen LogP contribution in [0, 0.1) is 0 Å². The summed E-state index contributed by atoms with van der Waals surface area (Å²) in [5, 5.41) is 0.474. The fourth-order valence-electron chi connectivity index (χ4n) is 1.01. The normalized spacial score (nSPS) is 10.3. The molecule has 1 heterocycles. The van der Waals surface area contributed by atoms with Crippen LogP contribution in [0.3, 0.4) is 0 Å². The van der Waals surface area contributed by atoms with E-state index < -0.39 is 0 Å². The maximum absolute atomic E-state index is 5.64. The lowest BCUT2D eigenvalue weighted by Crippen LogP contribution is -2.07. The predicted octanol–water partition coefficient (Wildman–Crippen LogP) is 2.93. The van der Waals surface area contributed by atoms with Crippen molar-refractivity contribution in [3.63, 3.8) is 0 Å². The molecule has 0 unspecified atom stereocenters. The summed E-state index contributed by atoms with van der Waals surface area (Å²) < 4.78 is 10.7. The zero-order valence-corrected chi connectivity index (χ0v) is 9.67. The van der Waals surface area contributed by atoms with Gasteiger partial charge in [0.25, 0.3) is 0 Å². The second-order valence-electron chi connectivity index (χ2n) is 3.13. The van der Waals surface area contributed by atoms with Crippen molar-refractivity contribution in [1.82, 2.24) is 4.98 Å². The van der Waals surface area contributed by atoms with Crippen molar-refractivity contribution >= 4 is 11.6 Å². The largest absolute Gasteiger partial charge is 0.490 e. The van der Waals surface area contributed by atoms with Crippen LogP contribution in [0.5, 0.6) is 5.75 Å². The van der Waals surface area contributed by atoms with E-state index in [0.717, 1.165) is 25.2 Å². The van der Waals surface area contributed by atoms with Gasteiger partial charge in [-0.15, -0.1) is 0 Å². The molecule has 0 N–H and O–H groups in total. The van der Waals surface area contributed by atoms with Crippen LogP contribution in [-0.2, 0) is 4.74 Å². The smallest absolute Gasteiger partial charge is 0.137 e. The minimum Gasteiger partial charge on any atom is -0.490 e. The Hall–Kier alpha value is -0.800. The van der Waals surface area contributed by atoms with Gasteiger partial charge in [-0.3, -0.25) is 0 Å². The number of pyridine rings is 1. The van der Waals surface area contributed by atoms with Gasteiger partial charge in [0, 0.05) is 6.61 Å². The molecule has 4 heteroatoms. The van der Waals surface area contributed by atoms with Crippen LogP contribution in [-0.4, -0.2) is 24.8 Å². The summed E-state index contributed by atoms with van der Waals surface area (Å²) >= 11 is 5.64. The number of nitrogens with zero attached hydrogens (tertiary/aromatic N) is 1. The van der Waals surface area contributed by atoms with Crippen molar-refractivity contribution in [3.05, 3.63) is 23.5 Å². The number of halogens is 1. The van der Waals surface area contributed by atoms with Gasteiger partial charge in [0.1, 0.15) is 17.5 Å². The Bertz CT molecular complexity index is 264. The fourth-order valence-corrected chi connectivity index (χ4v) is 1.13. The second kappa shape index (κ2) is 7.49. The van der Waals surface area contributed by atoms with Gasteiger partial charge in [0.05, 0.1) is 12.8 Å². The third kappa shape index (κ3) is 5.60. The number of unbranched alkanes of at least 4 members (excludes halogenated alkanes) is 1. The van der Waals surface area contributed by atoms with E-state index in [0.29, 0.717) is 18.4 Å². The van der Waals surface area contributed by atoms with E-state index >= 15 is 0 Å². The highest BCUT2D eigenvalue weighted by Gasteiger charge is 1.94. The standard InChI is InChI=1S/C11H16ClNO2/c1-2-3-6-14-7-8-15-10-4-5-11(12)13-9-10/h4-5,9H,2-3,6-8H2,1H3. The molecule has 0 aliphatic heterocycles. The highest BCUT2D eigenvalue weighted by molar-refractivity contribution is 6.29. The topological polar surface area (TPSA) is 31.4 Å². The predicted molar refractivity (Wildman–Crippen MR) is 60.5 cm³/mol. The van der Waals surface area contributed by atoms with Crippen LogP contribution in [0.25, 0.3) is 0 Å². The first-order valence-corrected chi connectivity index (χ1v) is 5.53. The Morgan fingerprint density at radius 1 is 1.27 bits per heavy atom. The van der Waals surface area contributed by atoms with Gasteiger partial charge in [0.2, 0.25) is 0 Å². The molecular formula is C11H16ClNO2. The number of aromatic nitrogens is 1. The van der Waals surface area contributed by atoms with E-state index in [4.69, 9.17) is 21.1 Å². The third-order valence-electron chi connectivity index (χ3n) is 1.84. The summed E-state index contributed by atoms with van der Waals surface area (Å²) in [5.41, 5.74) is 0. The molecule has 0 radical (unpaired) electrons. The quantitative estimate of drug-likeness (QED) is 0.532. The minimum atomic E-state index is 0.474. The fraction of sp³-hybridized carbons (Fsp3) is 0.545. The Morgan fingerprint density at radius 3 is 2.80 bits per heavy atom. The van der Waals surface area contributed by atoms with E-state index in [1.54, 1.807) is 18.3 Å². The summed E-state index contributed by atoms with van der Waals surface area (Å²) in [6.45, 7) is 4.10. The molecule has 0 bridgehead atoms. The lowest BCUT2D eigenvalue weighted by Gasteiger charge is -2.06. The zero-order valence-electron chi connectivity index (χ0n) is 8.91. The zero-order chi connectivity index (χ0) is 10.9. The van der Waals surface area contributed by atoms with Gasteiger partial charge < -0.3 is 9.47 Å². The molecule has 3 nitrogen and oxygen atoms in total. The first-order chi connectivity index (χ1) is 7.33. The Labute approximate surface area is 95.4 Å². The molecule has 0 aliphatic carbocycles. The van der Waals surface area contributed by atoms with E-state index in [1.165, 1.54) is 0 Å². The van der Waals surface area contributed by atoms with Crippen molar-refractivity contribution in [2.24, 2.45) is 0 Å². The number of ether oxygens (including phenoxy) is 2. The van der Waals surface area contributed by atoms with Crippen LogP contribution in [0.4, 0.5) is 0 Å². The molecule has 15 heavy (non-hydrogen) atoms. The Balaban J connectivity index is 2.07. The van der Waals surface area contributed by atoms with E-state index in [2.05, 4.69) is 11.9 Å². The average Bonchev–Trinajstić information content (AvgIpc) is 2.26. The van der Waals surface area contributed by atoms with E-state index in [1.807, 2.05) is 0 Å². The molecule has 1 aromatic heterocycles. The van der Waals surface area contributed by atoms with Crippen LogP contribution < -0.4 is 4.74 Å². The number of hydrogen-bond acceptors (Lipinski definition) is 3. The van der Waals surface area contributed by atoms with Crippen molar-refractivity contribution in [2.45, 2.75) is 19.8 Å². The molecule has 0 saturated carbocycles. The molecule has 0 atom stereocenters. The van der Waals surface area contributed by atoms with Crippen molar-refractivity contribution in [3.8, 4) is 5.75 Å². The van der Waals surface area contributed by atoms with Crippen molar-refractivity contribution in [2.75, 3.05) is 19.8 Å². The molecular weight excluding hydrogens is 214 g/mol. The van der Waals surface area contributed by atoms with Crippen LogP contribution in [0.2, 0.25) is 5.15 Å². The van der Waals surface area contributed by atoms with Gasteiger partial charge >= 0.3 is 0 Å². The molecule has 0 spiro atoms. The molecule has 0 fully saturated rings. The molecule has 1 rings (SSSR count). The Morgan fingerprint density at radius 2 is 2.13 bits per heavy atom. The summed E-state index contributed by atoms with van der Waals surface area (Å²) in [4.78, 5) is 3.91. The second-order valence-corrected chi connectivity index (χ2v) is 3.52. The maximum Gasteiger partial charge on any atom is 0.137 e. The van der Waals surface area contributed by atoms with Crippen LogP contribution >= 0.6 is 11.6 Å². The lowest BCUT2D eigenvalue weighted by molar-refractivity contribution is 0.0979. The van der Waals surface area contributed by atoms with Gasteiger partial charge in [0.15, 0.2) is 0 Å². The highest BCUT2D eigenvalue weighted by atomic mass is 35.5. The maximum atomic E-state index is 5.64. The first-order valence-electron chi connectivity index (χ1n) is 5.15. The summed E-state index contributed by atoms with van der Waals surface area (Å²) in [7, 11) is 0.